The molecule has 29 heavy (non-hydrogen) atoms. The smallest absolute Gasteiger partial charge is 0.352 e. The van der Waals surface area contributed by atoms with Crippen molar-refractivity contribution in [1.82, 2.24) is 19.4 Å². The van der Waals surface area contributed by atoms with Crippen molar-refractivity contribution < 1.29 is 14.6 Å². The molecule has 0 saturated heterocycles. The van der Waals surface area contributed by atoms with Gasteiger partial charge in [0.15, 0.2) is 5.75 Å². The van der Waals surface area contributed by atoms with Gasteiger partial charge in [0.1, 0.15) is 5.69 Å². The number of benzene rings is 1. The Morgan fingerprint density at radius 3 is 2.76 bits per heavy atom. The fourth-order valence-corrected chi connectivity index (χ4v) is 3.49. The number of carboxylic acid groups (broad SMARTS) is 1. The highest BCUT2D eigenvalue weighted by Gasteiger charge is 2.19. The predicted octanol–water partition coefficient (Wildman–Crippen LogP) is 3.46. The molecule has 0 atom stereocenters. The maximum atomic E-state index is 11.4. The lowest BCUT2D eigenvalue weighted by atomic mass is 9.93. The lowest BCUT2D eigenvalue weighted by Crippen LogP contribution is -2.34. The molecule has 0 amide bonds. The quantitative estimate of drug-likeness (QED) is 0.601. The van der Waals surface area contributed by atoms with Gasteiger partial charge in [0.25, 0.3) is 0 Å². The summed E-state index contributed by atoms with van der Waals surface area (Å²) in [6, 6.07) is 8.78. The standard InChI is InChI=1S/C21H27N5O3/c1-21(2,13-25(3)4)12-23-20-22-10-9-17(24-20)29-16-8-6-7-14-11-15(19(27)28)26(5)18(14)16/h6-11H,12-13H2,1-5H3,(H,27,28)(H,22,23,24). The molecule has 2 N–H and O–H groups in total. The molecule has 0 aliphatic heterocycles. The van der Waals surface area contributed by atoms with Crippen LogP contribution in [0.2, 0.25) is 0 Å². The van der Waals surface area contributed by atoms with Crippen molar-refractivity contribution in [3.63, 3.8) is 0 Å². The number of nitrogens with zero attached hydrogens (tertiary/aromatic N) is 4. The van der Waals surface area contributed by atoms with Crippen molar-refractivity contribution in [2.75, 3.05) is 32.5 Å². The van der Waals surface area contributed by atoms with Crippen LogP contribution in [0.1, 0.15) is 24.3 Å². The maximum absolute atomic E-state index is 11.4. The third-order valence-corrected chi connectivity index (χ3v) is 4.55. The van der Waals surface area contributed by atoms with Crippen molar-refractivity contribution in [2.24, 2.45) is 12.5 Å². The molecule has 0 spiro atoms. The number of aromatic carboxylic acids is 1. The molecule has 0 aliphatic rings. The van der Waals surface area contributed by atoms with Crippen molar-refractivity contribution in [3.8, 4) is 11.6 Å². The van der Waals surface area contributed by atoms with Crippen LogP contribution >= 0.6 is 0 Å². The number of hydrogen-bond acceptors (Lipinski definition) is 6. The lowest BCUT2D eigenvalue weighted by molar-refractivity contribution is 0.0687. The Kier molecular flexibility index (Phi) is 5.74. The highest BCUT2D eigenvalue weighted by molar-refractivity contribution is 5.96. The molecule has 154 valence electrons. The number of rotatable bonds is 8. The van der Waals surface area contributed by atoms with Gasteiger partial charge >= 0.3 is 5.97 Å². The topological polar surface area (TPSA) is 92.5 Å². The summed E-state index contributed by atoms with van der Waals surface area (Å²) >= 11 is 0. The fourth-order valence-electron chi connectivity index (χ4n) is 3.49. The minimum absolute atomic E-state index is 0.0472. The van der Waals surface area contributed by atoms with Gasteiger partial charge < -0.3 is 24.6 Å². The summed E-state index contributed by atoms with van der Waals surface area (Å²) in [5.74, 6) is 0.428. The zero-order valence-corrected chi connectivity index (χ0v) is 17.4. The molecular weight excluding hydrogens is 370 g/mol. The Morgan fingerprint density at radius 1 is 1.31 bits per heavy atom. The number of fused-ring (bicyclic) bond motifs is 1. The van der Waals surface area contributed by atoms with Gasteiger partial charge in [-0.1, -0.05) is 26.0 Å². The molecule has 0 unspecified atom stereocenters. The number of ether oxygens (including phenoxy) is 1. The van der Waals surface area contributed by atoms with Gasteiger partial charge in [0.2, 0.25) is 11.8 Å². The van der Waals surface area contributed by atoms with E-state index in [0.717, 1.165) is 11.9 Å². The molecule has 3 aromatic rings. The normalized spacial score (nSPS) is 11.8. The monoisotopic (exact) mass is 397 g/mol. The second-order valence-corrected chi connectivity index (χ2v) is 8.16. The first-order chi connectivity index (χ1) is 13.7. The SMILES string of the molecule is CN(C)CC(C)(C)CNc1nccc(Oc2cccc3cc(C(=O)O)n(C)c23)n1. The van der Waals surface area contributed by atoms with Crippen molar-refractivity contribution in [2.45, 2.75) is 13.8 Å². The number of aromatic nitrogens is 3. The molecule has 1 aromatic carbocycles. The molecule has 0 aliphatic carbocycles. The number of hydrogen-bond donors (Lipinski definition) is 2. The largest absolute Gasteiger partial charge is 0.477 e. The lowest BCUT2D eigenvalue weighted by Gasteiger charge is -2.28. The van der Waals surface area contributed by atoms with Crippen LogP contribution in [0.15, 0.2) is 36.5 Å². The van der Waals surface area contributed by atoms with Crippen LogP contribution in [0.3, 0.4) is 0 Å². The van der Waals surface area contributed by atoms with Crippen LogP contribution in [0.4, 0.5) is 5.95 Å². The van der Waals surface area contributed by atoms with E-state index in [-0.39, 0.29) is 11.1 Å². The van der Waals surface area contributed by atoms with Crippen molar-refractivity contribution in [3.05, 3.63) is 42.2 Å². The number of anilines is 1. The first kappa shape index (κ1) is 20.6. The van der Waals surface area contributed by atoms with Gasteiger partial charge in [-0.25, -0.2) is 9.78 Å². The van der Waals surface area contributed by atoms with Gasteiger partial charge in [-0.05, 0) is 31.6 Å². The van der Waals surface area contributed by atoms with Crippen LogP contribution in [0.25, 0.3) is 10.9 Å². The summed E-state index contributed by atoms with van der Waals surface area (Å²) in [6.45, 7) is 5.99. The summed E-state index contributed by atoms with van der Waals surface area (Å²) in [5, 5.41) is 13.4. The highest BCUT2D eigenvalue weighted by atomic mass is 16.5. The first-order valence-electron chi connectivity index (χ1n) is 9.37. The molecule has 8 nitrogen and oxygen atoms in total. The van der Waals surface area contributed by atoms with Crippen LogP contribution in [-0.4, -0.2) is 57.7 Å². The predicted molar refractivity (Wildman–Crippen MR) is 113 cm³/mol. The van der Waals surface area contributed by atoms with E-state index in [1.165, 1.54) is 0 Å². The van der Waals surface area contributed by atoms with E-state index in [4.69, 9.17) is 4.74 Å². The summed E-state index contributed by atoms with van der Waals surface area (Å²) in [4.78, 5) is 22.3. The molecule has 3 rings (SSSR count). The molecular formula is C21H27N5O3. The van der Waals surface area contributed by atoms with E-state index in [1.54, 1.807) is 36.0 Å². The second kappa shape index (κ2) is 8.08. The van der Waals surface area contributed by atoms with Gasteiger partial charge in [-0.15, -0.1) is 0 Å². The van der Waals surface area contributed by atoms with E-state index in [0.29, 0.717) is 29.6 Å². The van der Waals surface area contributed by atoms with E-state index in [2.05, 4.69) is 34.0 Å². The number of carboxylic acids is 1. The average Bonchev–Trinajstić information content (AvgIpc) is 2.98. The first-order valence-corrected chi connectivity index (χ1v) is 9.37. The second-order valence-electron chi connectivity index (χ2n) is 8.16. The van der Waals surface area contributed by atoms with Crippen LogP contribution in [0, 0.1) is 5.41 Å². The van der Waals surface area contributed by atoms with Gasteiger partial charge in [-0.3, -0.25) is 0 Å². The Hall–Kier alpha value is -3.13. The Balaban J connectivity index is 1.81. The summed E-state index contributed by atoms with van der Waals surface area (Å²) in [6.07, 6.45) is 1.64. The Labute approximate surface area is 170 Å². The molecule has 0 fully saturated rings. The zero-order valence-electron chi connectivity index (χ0n) is 17.4. The molecule has 0 radical (unpaired) electrons. The van der Waals surface area contributed by atoms with E-state index >= 15 is 0 Å². The van der Waals surface area contributed by atoms with E-state index in [9.17, 15) is 9.90 Å². The summed E-state index contributed by atoms with van der Waals surface area (Å²) in [5.41, 5.74) is 0.945. The van der Waals surface area contributed by atoms with E-state index in [1.807, 2.05) is 26.2 Å². The molecule has 8 heteroatoms. The van der Waals surface area contributed by atoms with E-state index < -0.39 is 5.97 Å². The number of carbonyl (C=O) groups is 1. The van der Waals surface area contributed by atoms with Crippen molar-refractivity contribution >= 4 is 22.8 Å². The summed E-state index contributed by atoms with van der Waals surface area (Å²) < 4.78 is 7.60. The fraction of sp³-hybridized carbons (Fsp3) is 0.381. The minimum atomic E-state index is -0.983. The molecule has 0 saturated carbocycles. The van der Waals surface area contributed by atoms with Gasteiger partial charge in [0.05, 0.1) is 5.52 Å². The molecule has 0 bridgehead atoms. The zero-order chi connectivity index (χ0) is 21.2. The Morgan fingerprint density at radius 2 is 2.07 bits per heavy atom. The van der Waals surface area contributed by atoms with Crippen LogP contribution in [0.5, 0.6) is 11.6 Å². The molecule has 2 heterocycles. The van der Waals surface area contributed by atoms with Gasteiger partial charge in [-0.2, -0.15) is 4.98 Å². The Bertz CT molecular complexity index is 1030. The van der Waals surface area contributed by atoms with Crippen LogP contribution < -0.4 is 10.1 Å². The number of para-hydroxylation sites is 1. The summed E-state index contributed by atoms with van der Waals surface area (Å²) in [7, 11) is 5.80. The third kappa shape index (κ3) is 4.83. The molecule has 2 aromatic heterocycles. The minimum Gasteiger partial charge on any atom is -0.477 e. The van der Waals surface area contributed by atoms with Crippen molar-refractivity contribution in [1.29, 1.82) is 0 Å². The number of nitrogens with one attached hydrogen (secondary N) is 1. The highest BCUT2D eigenvalue weighted by Crippen LogP contribution is 2.31. The third-order valence-electron chi connectivity index (χ3n) is 4.55. The van der Waals surface area contributed by atoms with Gasteiger partial charge in [0, 0.05) is 37.8 Å². The average molecular weight is 397 g/mol. The maximum Gasteiger partial charge on any atom is 0.352 e. The van der Waals surface area contributed by atoms with Crippen LogP contribution in [-0.2, 0) is 7.05 Å². The number of aryl methyl sites for hydroxylation is 1.